The molecule has 0 bridgehead atoms. The van der Waals surface area contributed by atoms with Crippen molar-refractivity contribution in [1.29, 1.82) is 0 Å². The van der Waals surface area contributed by atoms with Crippen LogP contribution in [0.5, 0.6) is 5.75 Å². The molecule has 1 amide bonds. The molecule has 4 rings (SSSR count). The van der Waals surface area contributed by atoms with Crippen LogP contribution in [0.1, 0.15) is 30.7 Å². The zero-order chi connectivity index (χ0) is 21.9. The highest BCUT2D eigenvalue weighted by Gasteiger charge is 2.32. The molecule has 2 N–H and O–H groups in total. The second-order valence-corrected chi connectivity index (χ2v) is 7.09. The molecule has 1 aliphatic heterocycles. The number of ether oxygens (including phenoxy) is 1. The molecule has 1 aliphatic carbocycles. The van der Waals surface area contributed by atoms with Crippen LogP contribution in [0.4, 0.5) is 30.6 Å². The predicted molar refractivity (Wildman–Crippen MR) is 106 cm³/mol. The summed E-state index contributed by atoms with van der Waals surface area (Å²) in [6.07, 6.45) is 0.296. The molecule has 0 spiro atoms. The number of rotatable bonds is 3. The van der Waals surface area contributed by atoms with E-state index in [9.17, 15) is 18.0 Å². The van der Waals surface area contributed by atoms with E-state index < -0.39 is 11.9 Å². The molecular formula is C19H23F3N6O2. The summed E-state index contributed by atoms with van der Waals surface area (Å²) in [6, 6.07) is 2.60. The van der Waals surface area contributed by atoms with Gasteiger partial charge in [-0.05, 0) is 38.3 Å². The van der Waals surface area contributed by atoms with E-state index in [4.69, 9.17) is 0 Å². The van der Waals surface area contributed by atoms with Gasteiger partial charge in [-0.3, -0.25) is 4.79 Å². The fourth-order valence-corrected chi connectivity index (χ4v) is 2.92. The quantitative estimate of drug-likeness (QED) is 0.781. The van der Waals surface area contributed by atoms with Crippen LogP contribution in [0, 0.1) is 6.92 Å². The van der Waals surface area contributed by atoms with Crippen LogP contribution in [0.3, 0.4) is 0 Å². The van der Waals surface area contributed by atoms with Crippen molar-refractivity contribution in [3.63, 3.8) is 0 Å². The maximum Gasteiger partial charge on any atom is 0.433 e. The molecule has 0 saturated heterocycles. The van der Waals surface area contributed by atoms with E-state index in [1.54, 1.807) is 0 Å². The number of nitrogens with one attached hydrogen (secondary N) is 2. The normalized spacial score (nSPS) is 15.9. The van der Waals surface area contributed by atoms with Gasteiger partial charge in [-0.25, -0.2) is 9.97 Å². The minimum absolute atomic E-state index is 0.0172. The van der Waals surface area contributed by atoms with Gasteiger partial charge in [0.15, 0.2) is 5.82 Å². The lowest BCUT2D eigenvalue weighted by Crippen LogP contribution is -2.37. The second kappa shape index (κ2) is 8.72. The molecule has 0 atom stereocenters. The highest BCUT2D eigenvalue weighted by molar-refractivity contribution is 6.00. The van der Waals surface area contributed by atoms with Gasteiger partial charge in [0.05, 0.1) is 25.5 Å². The minimum Gasteiger partial charge on any atom is -0.495 e. The average Bonchev–Trinajstić information content (AvgIpc) is 2.65. The predicted octanol–water partition coefficient (Wildman–Crippen LogP) is 3.25. The van der Waals surface area contributed by atoms with Gasteiger partial charge in [-0.2, -0.15) is 18.2 Å². The number of carbonyl (C=O) groups excluding carboxylic acids is 1. The Labute approximate surface area is 171 Å². The summed E-state index contributed by atoms with van der Waals surface area (Å²) in [6.45, 7) is 2.23. The lowest BCUT2D eigenvalue weighted by molar-refractivity contribution is -0.141. The topological polar surface area (TPSA) is 92.3 Å². The molecule has 30 heavy (non-hydrogen) atoms. The van der Waals surface area contributed by atoms with Gasteiger partial charge in [0.25, 0.3) is 0 Å². The highest BCUT2D eigenvalue weighted by Crippen LogP contribution is 2.31. The van der Waals surface area contributed by atoms with Gasteiger partial charge in [0, 0.05) is 13.1 Å². The highest BCUT2D eigenvalue weighted by atomic mass is 19.4. The first-order valence-electron chi connectivity index (χ1n) is 9.40. The number of nitrogens with zero attached hydrogens (tertiary/aromatic N) is 4. The first-order chi connectivity index (χ1) is 14.2. The Balaban J connectivity index is 0.000000187. The van der Waals surface area contributed by atoms with Gasteiger partial charge in [0.1, 0.15) is 17.1 Å². The van der Waals surface area contributed by atoms with Crippen molar-refractivity contribution in [2.24, 2.45) is 0 Å². The standard InChI is InChI=1S/C12H17N5O.C7H6F3NO/c1-7-10-11(17(2)6-9(18)15-10)16-12(13-7)14-8-4-3-5-8;1-12-5-2-3-6(11-4-5)7(8,9)10/h8H,3-6H2,1-2H3,(H,15,18)(H,13,14,16);2-4H,1H3. The number of amides is 1. The molecule has 0 aromatic carbocycles. The Morgan fingerprint density at radius 1 is 1.27 bits per heavy atom. The molecule has 8 nitrogen and oxygen atoms in total. The molecule has 162 valence electrons. The lowest BCUT2D eigenvalue weighted by Gasteiger charge is -2.30. The maximum atomic E-state index is 11.9. The Hall–Kier alpha value is -3.11. The Morgan fingerprint density at radius 2 is 2.00 bits per heavy atom. The van der Waals surface area contributed by atoms with Crippen molar-refractivity contribution < 1.29 is 22.7 Å². The molecule has 11 heteroatoms. The molecule has 1 fully saturated rings. The number of hydrogen-bond donors (Lipinski definition) is 2. The summed E-state index contributed by atoms with van der Waals surface area (Å²) >= 11 is 0. The summed E-state index contributed by atoms with van der Waals surface area (Å²) in [4.78, 5) is 25.4. The number of anilines is 3. The summed E-state index contributed by atoms with van der Waals surface area (Å²) < 4.78 is 40.4. The van der Waals surface area contributed by atoms with Crippen LogP contribution in [-0.2, 0) is 11.0 Å². The fourth-order valence-electron chi connectivity index (χ4n) is 2.92. The van der Waals surface area contributed by atoms with Gasteiger partial charge >= 0.3 is 6.18 Å². The fraction of sp³-hybridized carbons (Fsp3) is 0.474. The van der Waals surface area contributed by atoms with Gasteiger partial charge in [0.2, 0.25) is 11.9 Å². The number of methoxy groups -OCH3 is 1. The van der Waals surface area contributed by atoms with E-state index in [0.717, 1.165) is 29.5 Å². The zero-order valence-electron chi connectivity index (χ0n) is 16.9. The third-order valence-electron chi connectivity index (χ3n) is 4.78. The second-order valence-electron chi connectivity index (χ2n) is 7.09. The number of pyridine rings is 1. The van der Waals surface area contributed by atoms with Crippen LogP contribution < -0.4 is 20.3 Å². The molecule has 3 heterocycles. The molecule has 2 aromatic heterocycles. The lowest BCUT2D eigenvalue weighted by atomic mass is 9.93. The third-order valence-corrected chi connectivity index (χ3v) is 4.78. The average molecular weight is 424 g/mol. The zero-order valence-corrected chi connectivity index (χ0v) is 16.9. The molecule has 2 aromatic rings. The first-order valence-corrected chi connectivity index (χ1v) is 9.40. The van der Waals surface area contributed by atoms with Crippen molar-refractivity contribution in [2.75, 3.05) is 36.2 Å². The van der Waals surface area contributed by atoms with E-state index in [1.807, 2.05) is 18.9 Å². The van der Waals surface area contributed by atoms with Crippen LogP contribution >= 0.6 is 0 Å². The van der Waals surface area contributed by atoms with Gasteiger partial charge in [-0.15, -0.1) is 0 Å². The monoisotopic (exact) mass is 424 g/mol. The number of likely N-dealkylation sites (N-methyl/N-ethyl adjacent to an activating group) is 1. The molecular weight excluding hydrogens is 401 g/mol. The third kappa shape index (κ3) is 5.08. The van der Waals surface area contributed by atoms with Crippen molar-refractivity contribution >= 4 is 23.4 Å². The number of halogens is 3. The summed E-state index contributed by atoms with van der Waals surface area (Å²) in [5.74, 6) is 1.75. The van der Waals surface area contributed by atoms with Gasteiger partial charge < -0.3 is 20.3 Å². The number of aromatic nitrogens is 3. The smallest absolute Gasteiger partial charge is 0.433 e. The Kier molecular flexibility index (Phi) is 6.28. The van der Waals surface area contributed by atoms with Crippen molar-refractivity contribution in [1.82, 2.24) is 15.0 Å². The maximum absolute atomic E-state index is 11.9. The molecule has 0 unspecified atom stereocenters. The van der Waals surface area contributed by atoms with Gasteiger partial charge in [-0.1, -0.05) is 0 Å². The van der Waals surface area contributed by atoms with E-state index >= 15 is 0 Å². The van der Waals surface area contributed by atoms with Crippen molar-refractivity contribution in [3.8, 4) is 5.75 Å². The Morgan fingerprint density at radius 3 is 2.53 bits per heavy atom. The Bertz CT molecular complexity index is 900. The summed E-state index contributed by atoms with van der Waals surface area (Å²) in [5.41, 5.74) is 0.623. The largest absolute Gasteiger partial charge is 0.495 e. The SMILES string of the molecule is COc1ccc(C(F)(F)F)nc1.Cc1nc(NC2CCC2)nc2c1NC(=O)CN2C. The molecule has 2 aliphatic rings. The number of alkyl halides is 3. The van der Waals surface area contributed by atoms with Crippen molar-refractivity contribution in [3.05, 3.63) is 29.7 Å². The van der Waals surface area contributed by atoms with E-state index in [1.165, 1.54) is 32.4 Å². The van der Waals surface area contributed by atoms with Crippen LogP contribution in [-0.4, -0.2) is 47.6 Å². The first kappa shape index (κ1) is 21.6. The molecule has 1 saturated carbocycles. The van der Waals surface area contributed by atoms with E-state index in [0.29, 0.717) is 24.3 Å². The van der Waals surface area contributed by atoms with Crippen molar-refractivity contribution in [2.45, 2.75) is 38.4 Å². The number of carbonyl (C=O) groups is 1. The summed E-state index contributed by atoms with van der Waals surface area (Å²) in [7, 11) is 3.24. The van der Waals surface area contributed by atoms with E-state index in [2.05, 4.69) is 30.3 Å². The van der Waals surface area contributed by atoms with Crippen LogP contribution in [0.2, 0.25) is 0 Å². The van der Waals surface area contributed by atoms with E-state index in [-0.39, 0.29) is 5.91 Å². The number of aryl methyl sites for hydroxylation is 1. The summed E-state index contributed by atoms with van der Waals surface area (Å²) in [5, 5.41) is 6.17. The minimum atomic E-state index is -4.38. The number of fused-ring (bicyclic) bond motifs is 1. The number of hydrogen-bond acceptors (Lipinski definition) is 7. The van der Waals surface area contributed by atoms with Crippen LogP contribution in [0.15, 0.2) is 18.3 Å². The molecule has 0 radical (unpaired) electrons. The van der Waals surface area contributed by atoms with Crippen LogP contribution in [0.25, 0.3) is 0 Å².